The molecular weight excluding hydrogens is 385 g/mol. The van der Waals surface area contributed by atoms with Crippen LogP contribution in [0.1, 0.15) is 0 Å². The number of halogens is 2. The summed E-state index contributed by atoms with van der Waals surface area (Å²) in [7, 11) is 42.8. The van der Waals surface area contributed by atoms with Crippen molar-refractivity contribution in [1.29, 1.82) is 0 Å². The fourth-order valence-electron chi connectivity index (χ4n) is 3.08. The fraction of sp³-hybridized carbons (Fsp3) is 0. The molecule has 0 spiro atoms. The Balaban J connectivity index is 2.25. The Morgan fingerprint density at radius 1 is 0.536 bits per heavy atom. The first kappa shape index (κ1) is 19.6. The van der Waals surface area contributed by atoms with Gasteiger partial charge in [0.1, 0.15) is 66.1 Å². The molecule has 28 heavy (non-hydrogen) atoms. The molecule has 0 fully saturated rings. The number of hydrogen-bond donors (Lipinski definition) is 0. The summed E-state index contributed by atoms with van der Waals surface area (Å²) in [6.07, 6.45) is 0. The van der Waals surface area contributed by atoms with E-state index in [1.807, 2.05) is 0 Å². The van der Waals surface area contributed by atoms with Gasteiger partial charge in [0.15, 0.2) is 5.82 Å². The second kappa shape index (κ2) is 6.67. The lowest BCUT2D eigenvalue weighted by Crippen LogP contribution is -2.47. The van der Waals surface area contributed by atoms with E-state index < -0.39 is 0 Å². The van der Waals surface area contributed by atoms with E-state index in [4.69, 9.17) is 82.5 Å². The normalized spacial score (nSPS) is 11.5. The second-order valence-electron chi connectivity index (χ2n) is 5.98. The Hall–Kier alpha value is -1.72. The molecule has 14 radical (unpaired) electrons. The standard InChI is InChI=1S/C15B7Cl2N3O/c16-4-1-2-5(17)7(19)8(20)10(22)12(2)28-11(1)9(21)6(18)3(4)13-25-14(23)27-15(24)26-13. The molecule has 4 nitrogen and oxygen atoms in total. The van der Waals surface area contributed by atoms with Crippen molar-refractivity contribution in [1.82, 2.24) is 15.0 Å². The molecule has 116 valence electrons. The minimum atomic E-state index is -0.148. The Morgan fingerprint density at radius 2 is 1.00 bits per heavy atom. The molecule has 2 aromatic heterocycles. The van der Waals surface area contributed by atoms with Gasteiger partial charge in [-0.1, -0.05) is 27.3 Å². The van der Waals surface area contributed by atoms with Crippen molar-refractivity contribution in [3.8, 4) is 11.4 Å². The van der Waals surface area contributed by atoms with Gasteiger partial charge >= 0.3 is 0 Å². The molecular formula is C15B7Cl2N3O. The third-order valence-corrected chi connectivity index (χ3v) is 4.78. The van der Waals surface area contributed by atoms with Gasteiger partial charge < -0.3 is 4.42 Å². The van der Waals surface area contributed by atoms with Crippen LogP contribution in [0.4, 0.5) is 0 Å². The highest BCUT2D eigenvalue weighted by Gasteiger charge is 2.22. The van der Waals surface area contributed by atoms with E-state index in [1.165, 1.54) is 0 Å². The van der Waals surface area contributed by atoms with Crippen LogP contribution in [0.25, 0.3) is 33.3 Å². The predicted octanol–water partition coefficient (Wildman–Crippen LogP) is -3.70. The first-order chi connectivity index (χ1) is 13.1. The van der Waals surface area contributed by atoms with E-state index >= 15 is 0 Å². The number of fused-ring (bicyclic) bond motifs is 3. The molecule has 4 aromatic rings. The smallest absolute Gasteiger partial charge is 0.227 e. The van der Waals surface area contributed by atoms with Crippen LogP contribution in [0, 0.1) is 0 Å². The van der Waals surface area contributed by atoms with Crippen LogP contribution >= 0.6 is 23.2 Å². The van der Waals surface area contributed by atoms with Crippen LogP contribution in [-0.2, 0) is 0 Å². The molecule has 0 atom stereocenters. The van der Waals surface area contributed by atoms with Crippen LogP contribution < -0.4 is 38.2 Å². The van der Waals surface area contributed by atoms with Crippen LogP contribution in [0.2, 0.25) is 10.6 Å². The van der Waals surface area contributed by atoms with Gasteiger partial charge in [0.25, 0.3) is 0 Å². The van der Waals surface area contributed by atoms with Gasteiger partial charge in [-0.05, 0) is 23.2 Å². The van der Waals surface area contributed by atoms with Crippen molar-refractivity contribution in [2.24, 2.45) is 0 Å². The minimum absolute atomic E-state index is 0.0258. The third kappa shape index (κ3) is 2.67. The van der Waals surface area contributed by atoms with Gasteiger partial charge in [0, 0.05) is 16.3 Å². The van der Waals surface area contributed by atoms with Gasteiger partial charge in [-0.2, -0.15) is 15.0 Å². The maximum absolute atomic E-state index is 6.39. The zero-order chi connectivity index (χ0) is 20.5. The summed E-state index contributed by atoms with van der Waals surface area (Å²) >= 11 is 11.8. The lowest BCUT2D eigenvalue weighted by Gasteiger charge is -2.15. The number of benzene rings is 2. The zero-order valence-electron chi connectivity index (χ0n) is 14.0. The number of furan rings is 1. The van der Waals surface area contributed by atoms with E-state index in [-0.39, 0.29) is 71.4 Å². The van der Waals surface area contributed by atoms with Crippen molar-refractivity contribution in [3.05, 3.63) is 10.6 Å². The lowest BCUT2D eigenvalue weighted by atomic mass is 9.64. The summed E-state index contributed by atoms with van der Waals surface area (Å²) in [5.74, 6) is 0.0258. The molecule has 4 rings (SSSR count). The van der Waals surface area contributed by atoms with Gasteiger partial charge in [0.2, 0.25) is 10.6 Å². The number of nitrogens with zero attached hydrogens (tertiary/aromatic N) is 3. The average molecular weight is 385 g/mol. The number of aromatic nitrogens is 3. The number of hydrogen-bond acceptors (Lipinski definition) is 4. The van der Waals surface area contributed by atoms with Crippen molar-refractivity contribution in [3.63, 3.8) is 0 Å². The van der Waals surface area contributed by atoms with Gasteiger partial charge in [0.05, 0.1) is 0 Å². The monoisotopic (exact) mass is 385 g/mol. The third-order valence-electron chi connectivity index (χ3n) is 4.44. The van der Waals surface area contributed by atoms with Crippen LogP contribution in [0.3, 0.4) is 0 Å². The largest absolute Gasteiger partial charge is 0.457 e. The Kier molecular flexibility index (Phi) is 4.67. The van der Waals surface area contributed by atoms with Gasteiger partial charge in [-0.15, -0.1) is 10.9 Å². The fourth-order valence-corrected chi connectivity index (χ4v) is 3.44. The molecule has 0 bridgehead atoms. The van der Waals surface area contributed by atoms with Crippen LogP contribution in [0.5, 0.6) is 0 Å². The highest BCUT2D eigenvalue weighted by molar-refractivity contribution is 6.68. The molecule has 0 aliphatic rings. The Bertz CT molecular complexity index is 1310. The van der Waals surface area contributed by atoms with Crippen molar-refractivity contribution in [2.75, 3.05) is 0 Å². The van der Waals surface area contributed by atoms with E-state index in [1.54, 1.807) is 0 Å². The SMILES string of the molecule is [B]c1c([B])c([B])c2c(oc3c([B])c([B])c(-c4nc(Cl)nc(Cl)n4)c([B])c32)c1[B]. The number of rotatable bonds is 1. The summed E-state index contributed by atoms with van der Waals surface area (Å²) in [5, 5.41) is 0.381. The molecule has 0 saturated carbocycles. The Labute approximate surface area is 179 Å². The minimum Gasteiger partial charge on any atom is -0.457 e. The molecule has 0 aliphatic heterocycles. The van der Waals surface area contributed by atoms with Crippen molar-refractivity contribution < 1.29 is 4.42 Å². The first-order valence-electron chi connectivity index (χ1n) is 7.65. The Morgan fingerprint density at radius 3 is 1.57 bits per heavy atom. The van der Waals surface area contributed by atoms with E-state index in [2.05, 4.69) is 15.0 Å². The summed E-state index contributed by atoms with van der Waals surface area (Å²) < 4.78 is 5.80. The molecule has 2 aromatic carbocycles. The predicted molar refractivity (Wildman–Crippen MR) is 120 cm³/mol. The summed E-state index contributed by atoms with van der Waals surface area (Å²) in [5.41, 5.74) is 1.20. The van der Waals surface area contributed by atoms with Crippen LogP contribution in [-0.4, -0.2) is 69.9 Å². The van der Waals surface area contributed by atoms with Gasteiger partial charge in [-0.25, -0.2) is 0 Å². The van der Waals surface area contributed by atoms with Crippen LogP contribution in [0.15, 0.2) is 4.42 Å². The quantitative estimate of drug-likeness (QED) is 0.317. The molecule has 2 heterocycles. The highest BCUT2D eigenvalue weighted by atomic mass is 35.5. The first-order valence-corrected chi connectivity index (χ1v) is 8.40. The van der Waals surface area contributed by atoms with E-state index in [9.17, 15) is 0 Å². The van der Waals surface area contributed by atoms with Crippen molar-refractivity contribution >= 4 is 138 Å². The van der Waals surface area contributed by atoms with Crippen molar-refractivity contribution in [2.45, 2.75) is 0 Å². The van der Waals surface area contributed by atoms with E-state index in [0.29, 0.717) is 10.8 Å². The zero-order valence-corrected chi connectivity index (χ0v) is 15.6. The summed E-state index contributed by atoms with van der Waals surface area (Å²) in [4.78, 5) is 11.7. The molecule has 0 amide bonds. The maximum atomic E-state index is 6.39. The molecule has 13 heteroatoms. The molecule has 0 N–H and O–H groups in total. The molecule has 0 unspecified atom stereocenters. The van der Waals surface area contributed by atoms with Gasteiger partial charge in [-0.3, -0.25) is 0 Å². The van der Waals surface area contributed by atoms with E-state index in [0.717, 1.165) is 0 Å². The molecule has 0 aliphatic carbocycles. The lowest BCUT2D eigenvalue weighted by molar-refractivity contribution is 0.675. The second-order valence-corrected chi connectivity index (χ2v) is 6.65. The summed E-state index contributed by atoms with van der Waals surface area (Å²) in [6, 6.07) is 0. The topological polar surface area (TPSA) is 51.8 Å². The average Bonchev–Trinajstić information content (AvgIpc) is 3.03. The molecule has 0 saturated heterocycles. The summed E-state index contributed by atoms with van der Waals surface area (Å²) in [6.45, 7) is 0. The maximum Gasteiger partial charge on any atom is 0.227 e. The highest BCUT2D eigenvalue weighted by Crippen LogP contribution is 2.25.